The van der Waals surface area contributed by atoms with Crippen LogP contribution in [0.15, 0.2) is 28.9 Å². The molecule has 0 aliphatic rings. The molecule has 0 unspecified atom stereocenters. The smallest absolute Gasteiger partial charge is 0.257 e. The van der Waals surface area contributed by atoms with E-state index in [1.54, 1.807) is 0 Å². The van der Waals surface area contributed by atoms with E-state index < -0.39 is 11.7 Å². The van der Waals surface area contributed by atoms with Crippen molar-refractivity contribution >= 4 is 38.4 Å². The molecule has 4 nitrogen and oxygen atoms in total. The first-order chi connectivity index (χ1) is 7.66. The van der Waals surface area contributed by atoms with Crippen molar-refractivity contribution in [3.05, 3.63) is 40.2 Å². The number of hydrogen-bond acceptors (Lipinski definition) is 4. The average molecular weight is 302 g/mol. The van der Waals surface area contributed by atoms with Crippen LogP contribution in [0.3, 0.4) is 0 Å². The van der Waals surface area contributed by atoms with E-state index in [0.29, 0.717) is 9.47 Å². The maximum absolute atomic E-state index is 13.0. The maximum atomic E-state index is 13.0. The van der Waals surface area contributed by atoms with Gasteiger partial charge in [-0.2, -0.15) is 0 Å². The molecule has 2 aromatic rings. The molecule has 1 N–H and O–H groups in total. The predicted molar refractivity (Wildman–Crippen MR) is 62.0 cm³/mol. The fraction of sp³-hybridized carbons (Fsp3) is 0. The van der Waals surface area contributed by atoms with Gasteiger partial charge in [-0.25, -0.2) is 4.39 Å². The van der Waals surface area contributed by atoms with Crippen molar-refractivity contribution in [2.24, 2.45) is 0 Å². The Kier molecular flexibility index (Phi) is 3.25. The average Bonchev–Trinajstić information content (AvgIpc) is 2.74. The molecule has 1 aromatic carbocycles. The number of anilines is 1. The second-order valence-corrected chi connectivity index (χ2v) is 4.50. The number of nitrogens with zero attached hydrogens (tertiary/aromatic N) is 2. The van der Waals surface area contributed by atoms with E-state index in [9.17, 15) is 9.18 Å². The summed E-state index contributed by atoms with van der Waals surface area (Å²) in [5.41, 5.74) is 0.230. The number of aromatic nitrogens is 2. The first-order valence-corrected chi connectivity index (χ1v) is 5.77. The molecule has 0 radical (unpaired) electrons. The lowest BCUT2D eigenvalue weighted by atomic mass is 10.2. The Morgan fingerprint density at radius 2 is 2.31 bits per heavy atom. The summed E-state index contributed by atoms with van der Waals surface area (Å²) in [6.07, 6.45) is 1.43. The van der Waals surface area contributed by atoms with Crippen molar-refractivity contribution in [3.8, 4) is 0 Å². The SMILES string of the molecule is O=C(Nc1cnns1)c1cc(F)ccc1Br. The van der Waals surface area contributed by atoms with Crippen molar-refractivity contribution in [1.29, 1.82) is 0 Å². The van der Waals surface area contributed by atoms with Gasteiger partial charge >= 0.3 is 0 Å². The van der Waals surface area contributed by atoms with Crippen molar-refractivity contribution < 1.29 is 9.18 Å². The van der Waals surface area contributed by atoms with Gasteiger partial charge in [0.15, 0.2) is 0 Å². The van der Waals surface area contributed by atoms with E-state index >= 15 is 0 Å². The van der Waals surface area contributed by atoms with Crippen LogP contribution in [-0.2, 0) is 0 Å². The van der Waals surface area contributed by atoms with E-state index in [-0.39, 0.29) is 5.56 Å². The Bertz CT molecular complexity index is 517. The number of nitrogens with one attached hydrogen (secondary N) is 1. The molecule has 2 rings (SSSR count). The highest BCUT2D eigenvalue weighted by molar-refractivity contribution is 9.10. The highest BCUT2D eigenvalue weighted by atomic mass is 79.9. The normalized spacial score (nSPS) is 10.1. The highest BCUT2D eigenvalue weighted by Crippen LogP contribution is 2.20. The molecule has 16 heavy (non-hydrogen) atoms. The number of carbonyl (C=O) groups is 1. The second-order valence-electron chi connectivity index (χ2n) is 2.86. The summed E-state index contributed by atoms with van der Waals surface area (Å²) < 4.78 is 17.1. The first kappa shape index (κ1) is 11.2. The molecular formula is C9H5BrFN3OS. The Balaban J connectivity index is 2.24. The van der Waals surface area contributed by atoms with Gasteiger partial charge in [-0.15, -0.1) is 5.10 Å². The lowest BCUT2D eigenvalue weighted by molar-refractivity contribution is 0.102. The third-order valence-corrected chi connectivity index (χ3v) is 3.04. The molecule has 0 aliphatic heterocycles. The summed E-state index contributed by atoms with van der Waals surface area (Å²) in [7, 11) is 0. The monoisotopic (exact) mass is 301 g/mol. The van der Waals surface area contributed by atoms with Crippen molar-refractivity contribution in [2.75, 3.05) is 5.32 Å². The number of carbonyl (C=O) groups excluding carboxylic acids is 1. The van der Waals surface area contributed by atoms with Gasteiger partial charge in [-0.1, -0.05) is 4.49 Å². The Morgan fingerprint density at radius 3 is 3.00 bits per heavy atom. The molecule has 82 valence electrons. The second kappa shape index (κ2) is 4.67. The van der Waals surface area contributed by atoms with Gasteiger partial charge in [0.1, 0.15) is 10.8 Å². The fourth-order valence-corrected chi connectivity index (χ4v) is 1.91. The molecule has 0 atom stereocenters. The summed E-state index contributed by atoms with van der Waals surface area (Å²) in [6, 6.07) is 3.91. The molecule has 0 saturated carbocycles. The van der Waals surface area contributed by atoms with Crippen LogP contribution in [-0.4, -0.2) is 15.5 Å². The molecule has 1 heterocycles. The van der Waals surface area contributed by atoms with E-state index in [0.717, 1.165) is 17.6 Å². The van der Waals surface area contributed by atoms with E-state index in [1.807, 2.05) is 0 Å². The Labute approximate surface area is 103 Å². The summed E-state index contributed by atoms with van der Waals surface area (Å²) >= 11 is 4.23. The molecule has 0 aliphatic carbocycles. The molecule has 0 bridgehead atoms. The van der Waals surface area contributed by atoms with Gasteiger partial charge in [0, 0.05) is 16.0 Å². The van der Waals surface area contributed by atoms with Crippen LogP contribution < -0.4 is 5.32 Å². The molecule has 0 saturated heterocycles. The predicted octanol–water partition coefficient (Wildman–Crippen LogP) is 2.69. The summed E-state index contributed by atoms with van der Waals surface area (Å²) in [4.78, 5) is 11.7. The van der Waals surface area contributed by atoms with Gasteiger partial charge in [-0.3, -0.25) is 4.79 Å². The van der Waals surface area contributed by atoms with Gasteiger partial charge < -0.3 is 5.32 Å². The molecule has 0 fully saturated rings. The number of hydrogen-bond donors (Lipinski definition) is 1. The number of halogens is 2. The minimum absolute atomic E-state index is 0.230. The largest absolute Gasteiger partial charge is 0.311 e. The standard InChI is InChI=1S/C9H5BrFN3OS/c10-7-2-1-5(11)3-6(7)9(15)13-8-4-12-14-16-8/h1-4H,(H,13,15). The zero-order valence-corrected chi connectivity index (χ0v) is 10.2. The third-order valence-electron chi connectivity index (χ3n) is 1.77. The van der Waals surface area contributed by atoms with Crippen LogP contribution in [0.25, 0.3) is 0 Å². The van der Waals surface area contributed by atoms with E-state index in [2.05, 4.69) is 30.8 Å². The third kappa shape index (κ3) is 2.42. The zero-order chi connectivity index (χ0) is 11.5. The van der Waals surface area contributed by atoms with Crippen molar-refractivity contribution in [3.63, 3.8) is 0 Å². The Morgan fingerprint density at radius 1 is 1.50 bits per heavy atom. The van der Waals surface area contributed by atoms with Crippen LogP contribution in [0.2, 0.25) is 0 Å². The summed E-state index contributed by atoms with van der Waals surface area (Å²) in [6.45, 7) is 0. The van der Waals surface area contributed by atoms with Crippen molar-refractivity contribution in [2.45, 2.75) is 0 Å². The molecule has 1 amide bonds. The molecule has 1 aromatic heterocycles. The first-order valence-electron chi connectivity index (χ1n) is 4.20. The lowest BCUT2D eigenvalue weighted by Gasteiger charge is -2.03. The quantitative estimate of drug-likeness (QED) is 0.928. The van der Waals surface area contributed by atoms with Crippen LogP contribution in [0.1, 0.15) is 10.4 Å². The minimum atomic E-state index is -0.462. The Hall–Kier alpha value is -1.34. The van der Waals surface area contributed by atoms with Gasteiger partial charge in [-0.05, 0) is 34.1 Å². The highest BCUT2D eigenvalue weighted by Gasteiger charge is 2.12. The van der Waals surface area contributed by atoms with E-state index in [1.165, 1.54) is 18.3 Å². The van der Waals surface area contributed by atoms with Gasteiger partial charge in [0.2, 0.25) is 0 Å². The number of benzene rings is 1. The van der Waals surface area contributed by atoms with Gasteiger partial charge in [0.05, 0.1) is 11.8 Å². The van der Waals surface area contributed by atoms with Gasteiger partial charge in [0.25, 0.3) is 5.91 Å². The van der Waals surface area contributed by atoms with Crippen LogP contribution in [0.5, 0.6) is 0 Å². The lowest BCUT2D eigenvalue weighted by Crippen LogP contribution is -2.11. The fourth-order valence-electron chi connectivity index (χ4n) is 1.07. The molecule has 0 spiro atoms. The zero-order valence-electron chi connectivity index (χ0n) is 7.78. The maximum Gasteiger partial charge on any atom is 0.257 e. The topological polar surface area (TPSA) is 54.9 Å². The van der Waals surface area contributed by atoms with Crippen molar-refractivity contribution in [1.82, 2.24) is 9.59 Å². The number of amides is 1. The molecule has 7 heteroatoms. The van der Waals surface area contributed by atoms with E-state index in [4.69, 9.17) is 0 Å². The molecular weight excluding hydrogens is 297 g/mol. The van der Waals surface area contributed by atoms with Crippen LogP contribution in [0, 0.1) is 5.82 Å². The number of rotatable bonds is 2. The minimum Gasteiger partial charge on any atom is -0.311 e. The van der Waals surface area contributed by atoms with Crippen LogP contribution >= 0.6 is 27.5 Å². The van der Waals surface area contributed by atoms with Crippen LogP contribution in [0.4, 0.5) is 9.39 Å². The summed E-state index contributed by atoms with van der Waals surface area (Å²) in [5.74, 6) is -0.867. The summed E-state index contributed by atoms with van der Waals surface area (Å²) in [5, 5.41) is 6.66.